The van der Waals surface area contributed by atoms with Gasteiger partial charge in [-0.2, -0.15) is 0 Å². The predicted octanol–water partition coefficient (Wildman–Crippen LogP) is 3.52. The number of nitrogens with one attached hydrogen (secondary N) is 1. The first-order valence-electron chi connectivity index (χ1n) is 6.93. The molecule has 1 aromatic carbocycles. The van der Waals surface area contributed by atoms with E-state index in [-0.39, 0.29) is 0 Å². The number of likely N-dealkylation sites (tertiary alicyclic amines) is 1. The molecule has 1 aliphatic heterocycles. The van der Waals surface area contributed by atoms with Crippen molar-refractivity contribution in [3.8, 4) is 0 Å². The fourth-order valence-corrected chi connectivity index (χ4v) is 2.66. The van der Waals surface area contributed by atoms with Crippen LogP contribution >= 0.6 is 0 Å². The Labute approximate surface area is 111 Å². The van der Waals surface area contributed by atoms with Gasteiger partial charge in [-0.3, -0.25) is 0 Å². The molecule has 98 valence electrons. The minimum absolute atomic E-state index is 0.914. The summed E-state index contributed by atoms with van der Waals surface area (Å²) in [7, 11) is 2.22. The third-order valence-corrected chi connectivity index (χ3v) is 3.88. The second-order valence-electron chi connectivity index (χ2n) is 5.33. The Balaban J connectivity index is 1.82. The van der Waals surface area contributed by atoms with Crippen LogP contribution in [0.5, 0.6) is 0 Å². The number of rotatable bonds is 5. The smallest absolute Gasteiger partial charge is 0.0382 e. The van der Waals surface area contributed by atoms with Crippen LogP contribution in [0.15, 0.2) is 37.0 Å². The third kappa shape index (κ3) is 3.88. The van der Waals surface area contributed by atoms with Gasteiger partial charge < -0.3 is 10.2 Å². The number of anilines is 1. The first-order chi connectivity index (χ1) is 8.78. The van der Waals surface area contributed by atoms with E-state index in [2.05, 4.69) is 48.1 Å². The Bertz CT molecular complexity index is 378. The molecule has 1 aliphatic rings. The lowest BCUT2D eigenvalue weighted by Crippen LogP contribution is -2.30. The summed E-state index contributed by atoms with van der Waals surface area (Å²) in [5.74, 6) is 0.914. The molecule has 1 aromatic rings. The standard InChI is InChI=1S/C16H24N2/c1-3-17-16-6-4-5-15(13-16)8-7-14-9-11-18(2)12-10-14/h3-6,13-14,17H,1,7-12H2,2H3. The molecule has 0 aromatic heterocycles. The average molecular weight is 244 g/mol. The summed E-state index contributed by atoms with van der Waals surface area (Å²) in [6, 6.07) is 8.66. The average Bonchev–Trinajstić information content (AvgIpc) is 2.39. The van der Waals surface area contributed by atoms with Gasteiger partial charge in [-0.25, -0.2) is 0 Å². The van der Waals surface area contributed by atoms with Crippen molar-refractivity contribution >= 4 is 5.69 Å². The van der Waals surface area contributed by atoms with Crippen molar-refractivity contribution in [3.63, 3.8) is 0 Å². The van der Waals surface area contributed by atoms with Crippen molar-refractivity contribution < 1.29 is 0 Å². The summed E-state index contributed by atoms with van der Waals surface area (Å²) in [6.07, 6.45) is 6.98. The zero-order valence-electron chi connectivity index (χ0n) is 11.4. The molecular weight excluding hydrogens is 220 g/mol. The van der Waals surface area contributed by atoms with Crippen LogP contribution in [0.2, 0.25) is 0 Å². The van der Waals surface area contributed by atoms with Crippen molar-refractivity contribution in [2.24, 2.45) is 5.92 Å². The molecule has 1 fully saturated rings. The van der Waals surface area contributed by atoms with Crippen molar-refractivity contribution in [1.29, 1.82) is 0 Å². The van der Waals surface area contributed by atoms with Gasteiger partial charge in [0, 0.05) is 5.69 Å². The van der Waals surface area contributed by atoms with E-state index in [1.165, 1.54) is 44.3 Å². The molecule has 0 unspecified atom stereocenters. The Morgan fingerprint density at radius 3 is 2.89 bits per heavy atom. The number of piperidine rings is 1. The molecule has 1 N–H and O–H groups in total. The lowest BCUT2D eigenvalue weighted by atomic mass is 9.91. The normalized spacial score (nSPS) is 17.6. The van der Waals surface area contributed by atoms with Crippen molar-refractivity contribution in [2.75, 3.05) is 25.5 Å². The zero-order valence-corrected chi connectivity index (χ0v) is 11.4. The topological polar surface area (TPSA) is 15.3 Å². The van der Waals surface area contributed by atoms with Crippen LogP contribution in [0, 0.1) is 5.92 Å². The van der Waals surface area contributed by atoms with Gasteiger partial charge in [-0.15, -0.1) is 0 Å². The minimum atomic E-state index is 0.914. The first kappa shape index (κ1) is 13.2. The molecule has 0 spiro atoms. The van der Waals surface area contributed by atoms with Crippen LogP contribution in [0.25, 0.3) is 0 Å². The Morgan fingerprint density at radius 1 is 1.39 bits per heavy atom. The molecule has 2 nitrogen and oxygen atoms in total. The summed E-state index contributed by atoms with van der Waals surface area (Å²) < 4.78 is 0. The number of aryl methyl sites for hydroxylation is 1. The Morgan fingerprint density at radius 2 is 2.17 bits per heavy atom. The highest BCUT2D eigenvalue weighted by Crippen LogP contribution is 2.22. The van der Waals surface area contributed by atoms with Gasteiger partial charge in [0.2, 0.25) is 0 Å². The summed E-state index contributed by atoms with van der Waals surface area (Å²) in [4.78, 5) is 2.44. The maximum absolute atomic E-state index is 3.70. The SMILES string of the molecule is C=CNc1cccc(CCC2CCN(C)CC2)c1. The molecule has 0 amide bonds. The van der Waals surface area contributed by atoms with E-state index in [4.69, 9.17) is 0 Å². The first-order valence-corrected chi connectivity index (χ1v) is 6.93. The molecule has 1 heterocycles. The van der Waals surface area contributed by atoms with Gasteiger partial charge in [0.1, 0.15) is 0 Å². The van der Waals surface area contributed by atoms with Gasteiger partial charge in [0.25, 0.3) is 0 Å². The number of hydrogen-bond donors (Lipinski definition) is 1. The fourth-order valence-electron chi connectivity index (χ4n) is 2.66. The second-order valence-corrected chi connectivity index (χ2v) is 5.33. The third-order valence-electron chi connectivity index (χ3n) is 3.88. The highest BCUT2D eigenvalue weighted by atomic mass is 15.1. The molecule has 2 rings (SSSR count). The molecule has 0 bridgehead atoms. The van der Waals surface area contributed by atoms with Crippen LogP contribution in [-0.4, -0.2) is 25.0 Å². The van der Waals surface area contributed by atoms with Crippen LogP contribution in [0.3, 0.4) is 0 Å². The maximum Gasteiger partial charge on any atom is 0.0382 e. The molecule has 1 saturated heterocycles. The van der Waals surface area contributed by atoms with E-state index in [9.17, 15) is 0 Å². The van der Waals surface area contributed by atoms with Gasteiger partial charge in [0.15, 0.2) is 0 Å². The van der Waals surface area contributed by atoms with E-state index in [1.54, 1.807) is 6.20 Å². The van der Waals surface area contributed by atoms with Gasteiger partial charge in [0.05, 0.1) is 0 Å². The van der Waals surface area contributed by atoms with Gasteiger partial charge >= 0.3 is 0 Å². The highest BCUT2D eigenvalue weighted by molar-refractivity contribution is 5.47. The molecule has 0 aliphatic carbocycles. The van der Waals surface area contributed by atoms with E-state index < -0.39 is 0 Å². The molecule has 0 saturated carbocycles. The van der Waals surface area contributed by atoms with E-state index in [1.807, 2.05) is 0 Å². The lowest BCUT2D eigenvalue weighted by molar-refractivity contribution is 0.212. The van der Waals surface area contributed by atoms with Gasteiger partial charge in [-0.05, 0) is 75.6 Å². The fraction of sp³-hybridized carbons (Fsp3) is 0.500. The Hall–Kier alpha value is -1.28. The van der Waals surface area contributed by atoms with Crippen molar-refractivity contribution in [1.82, 2.24) is 4.90 Å². The van der Waals surface area contributed by atoms with Gasteiger partial charge in [-0.1, -0.05) is 18.7 Å². The summed E-state index contributed by atoms with van der Waals surface area (Å²) in [5.41, 5.74) is 2.58. The summed E-state index contributed by atoms with van der Waals surface area (Å²) in [5, 5.41) is 3.15. The van der Waals surface area contributed by atoms with Crippen LogP contribution in [0.1, 0.15) is 24.8 Å². The van der Waals surface area contributed by atoms with Crippen molar-refractivity contribution in [3.05, 3.63) is 42.6 Å². The predicted molar refractivity (Wildman–Crippen MR) is 78.8 cm³/mol. The number of benzene rings is 1. The molecule has 0 atom stereocenters. The Kier molecular flexibility index (Phi) is 4.82. The van der Waals surface area contributed by atoms with Crippen molar-refractivity contribution in [2.45, 2.75) is 25.7 Å². The highest BCUT2D eigenvalue weighted by Gasteiger charge is 2.16. The largest absolute Gasteiger partial charge is 0.362 e. The second kappa shape index (κ2) is 6.60. The summed E-state index contributed by atoms with van der Waals surface area (Å²) >= 11 is 0. The maximum atomic E-state index is 3.70. The molecule has 0 radical (unpaired) electrons. The van der Waals surface area contributed by atoms with Crippen LogP contribution in [0.4, 0.5) is 5.69 Å². The lowest BCUT2D eigenvalue weighted by Gasteiger charge is -2.28. The molecular formula is C16H24N2. The number of hydrogen-bond acceptors (Lipinski definition) is 2. The number of nitrogens with zero attached hydrogens (tertiary/aromatic N) is 1. The van der Waals surface area contributed by atoms with E-state index >= 15 is 0 Å². The van der Waals surface area contributed by atoms with E-state index in [0.717, 1.165) is 11.6 Å². The zero-order chi connectivity index (χ0) is 12.8. The quantitative estimate of drug-likeness (QED) is 0.852. The van der Waals surface area contributed by atoms with E-state index in [0.29, 0.717) is 0 Å². The monoisotopic (exact) mass is 244 g/mol. The minimum Gasteiger partial charge on any atom is -0.362 e. The molecule has 2 heteroatoms. The molecule has 18 heavy (non-hydrogen) atoms. The van der Waals surface area contributed by atoms with Crippen LogP contribution < -0.4 is 5.32 Å². The van der Waals surface area contributed by atoms with Crippen LogP contribution in [-0.2, 0) is 6.42 Å². The summed E-state index contributed by atoms with van der Waals surface area (Å²) in [6.45, 7) is 6.23.